The van der Waals surface area contributed by atoms with Gasteiger partial charge < -0.3 is 20.1 Å². The minimum absolute atomic E-state index is 0.247. The second kappa shape index (κ2) is 6.44. The van der Waals surface area contributed by atoms with Gasteiger partial charge in [0.05, 0.1) is 5.92 Å². The van der Waals surface area contributed by atoms with Crippen LogP contribution in [-0.2, 0) is 16.0 Å². The number of benzene rings is 1. The summed E-state index contributed by atoms with van der Waals surface area (Å²) in [6.07, 6.45) is -7.31. The summed E-state index contributed by atoms with van der Waals surface area (Å²) in [5.74, 6) is -5.33. The summed E-state index contributed by atoms with van der Waals surface area (Å²) in [7, 11) is 0. The van der Waals surface area contributed by atoms with E-state index in [0.717, 1.165) is 24.3 Å². The maximum atomic E-state index is 12.0. The van der Waals surface area contributed by atoms with Crippen LogP contribution in [0, 0.1) is 5.92 Å². The molecule has 1 unspecified atom stereocenters. The summed E-state index contributed by atoms with van der Waals surface area (Å²) in [6, 6.07) is 4.25. The molecule has 0 aromatic heterocycles. The van der Waals surface area contributed by atoms with Crippen LogP contribution in [0.2, 0.25) is 0 Å². The van der Waals surface area contributed by atoms with Gasteiger partial charge in [-0.25, -0.2) is 4.79 Å². The highest BCUT2D eigenvalue weighted by Gasteiger charge is 2.33. The molecule has 116 valence electrons. The quantitative estimate of drug-likeness (QED) is 0.731. The monoisotopic (exact) mass is 308 g/mol. The van der Waals surface area contributed by atoms with E-state index < -0.39 is 36.1 Å². The predicted octanol–water partition coefficient (Wildman–Crippen LogP) is 1.27. The number of halogens is 3. The maximum Gasteiger partial charge on any atom is 0.573 e. The highest BCUT2D eigenvalue weighted by molar-refractivity contribution is 5.81. The van der Waals surface area contributed by atoms with Crippen molar-refractivity contribution in [2.24, 2.45) is 5.92 Å². The lowest BCUT2D eigenvalue weighted by molar-refractivity contribution is -0.274. The molecular formula is C12H11F3O6. The molecule has 1 aromatic rings. The molecule has 0 aliphatic heterocycles. The van der Waals surface area contributed by atoms with Crippen molar-refractivity contribution in [3.05, 3.63) is 29.8 Å². The van der Waals surface area contributed by atoms with Gasteiger partial charge in [0.1, 0.15) is 5.75 Å². The van der Waals surface area contributed by atoms with Gasteiger partial charge in [-0.3, -0.25) is 4.79 Å². The van der Waals surface area contributed by atoms with Gasteiger partial charge in [-0.15, -0.1) is 13.2 Å². The van der Waals surface area contributed by atoms with Crippen LogP contribution in [0.25, 0.3) is 0 Å². The van der Waals surface area contributed by atoms with Crippen molar-refractivity contribution in [3.8, 4) is 5.75 Å². The predicted molar refractivity (Wildman–Crippen MR) is 61.6 cm³/mol. The maximum absolute atomic E-state index is 12.0. The molecule has 2 atom stereocenters. The van der Waals surface area contributed by atoms with Crippen LogP contribution in [0.15, 0.2) is 24.3 Å². The summed E-state index contributed by atoms with van der Waals surface area (Å²) in [4.78, 5) is 21.5. The van der Waals surface area contributed by atoms with Gasteiger partial charge in [0.25, 0.3) is 0 Å². The van der Waals surface area contributed by atoms with Crippen molar-refractivity contribution in [1.29, 1.82) is 0 Å². The first-order valence-corrected chi connectivity index (χ1v) is 5.58. The van der Waals surface area contributed by atoms with E-state index in [0.29, 0.717) is 0 Å². The summed E-state index contributed by atoms with van der Waals surface area (Å²) < 4.78 is 39.5. The van der Waals surface area contributed by atoms with Crippen molar-refractivity contribution >= 4 is 11.9 Å². The van der Waals surface area contributed by atoms with Gasteiger partial charge in [-0.2, -0.15) is 0 Å². The third kappa shape index (κ3) is 5.30. The van der Waals surface area contributed by atoms with E-state index in [9.17, 15) is 27.9 Å². The molecule has 1 rings (SSSR count). The van der Waals surface area contributed by atoms with Crippen LogP contribution < -0.4 is 4.74 Å². The number of carbonyl (C=O) groups is 2. The van der Waals surface area contributed by atoms with Gasteiger partial charge in [0, 0.05) is 0 Å². The second-order valence-electron chi connectivity index (χ2n) is 4.12. The second-order valence-corrected chi connectivity index (χ2v) is 4.12. The number of aliphatic hydroxyl groups excluding tert-OH is 1. The first-order valence-electron chi connectivity index (χ1n) is 5.58. The molecule has 6 nitrogen and oxygen atoms in total. The molecule has 1 aromatic carbocycles. The lowest BCUT2D eigenvalue weighted by Crippen LogP contribution is -2.36. The summed E-state index contributed by atoms with van der Waals surface area (Å²) >= 11 is 0. The molecule has 0 amide bonds. The summed E-state index contributed by atoms with van der Waals surface area (Å²) in [6.45, 7) is 0. The Morgan fingerprint density at radius 3 is 2.00 bits per heavy atom. The zero-order valence-corrected chi connectivity index (χ0v) is 10.4. The Hall–Kier alpha value is -2.29. The van der Waals surface area contributed by atoms with Crippen LogP contribution in [0.4, 0.5) is 13.2 Å². The van der Waals surface area contributed by atoms with E-state index in [1.54, 1.807) is 0 Å². The van der Waals surface area contributed by atoms with Crippen molar-refractivity contribution in [2.75, 3.05) is 0 Å². The molecule has 0 aliphatic carbocycles. The number of aliphatic carboxylic acids is 2. The average Bonchev–Trinajstić information content (AvgIpc) is 2.34. The molecule has 21 heavy (non-hydrogen) atoms. The number of hydrogen-bond donors (Lipinski definition) is 3. The largest absolute Gasteiger partial charge is 0.573 e. The lowest BCUT2D eigenvalue weighted by Gasteiger charge is -2.16. The zero-order valence-electron chi connectivity index (χ0n) is 10.4. The van der Waals surface area contributed by atoms with Gasteiger partial charge in [0.15, 0.2) is 6.10 Å². The molecule has 0 bridgehead atoms. The van der Waals surface area contributed by atoms with Crippen molar-refractivity contribution in [1.82, 2.24) is 0 Å². The molecule has 0 spiro atoms. The Bertz CT molecular complexity index is 511. The standard InChI is InChI=1S/C12H11F3O6/c13-12(14,15)21-7-3-1-6(2-4-7)5-8(10(17)18)9(16)11(19)20/h1-4,8-9,16H,5H2,(H,17,18)(H,19,20)/t8?,9-/m0/s1. The van der Waals surface area contributed by atoms with Gasteiger partial charge in [-0.05, 0) is 24.1 Å². The van der Waals surface area contributed by atoms with Gasteiger partial charge in [0.2, 0.25) is 0 Å². The SMILES string of the molecule is O=C(O)C(Cc1ccc(OC(F)(F)F)cc1)[C@H](O)C(=O)O. The van der Waals surface area contributed by atoms with Crippen molar-refractivity contribution < 1.29 is 42.8 Å². The first kappa shape index (κ1) is 16.8. The summed E-state index contributed by atoms with van der Waals surface area (Å²) in [5, 5.41) is 26.7. The van der Waals surface area contributed by atoms with E-state index >= 15 is 0 Å². The normalized spacial score (nSPS) is 14.3. The number of hydrogen-bond acceptors (Lipinski definition) is 4. The highest BCUT2D eigenvalue weighted by Crippen LogP contribution is 2.23. The zero-order chi connectivity index (χ0) is 16.2. The number of carboxylic acid groups (broad SMARTS) is 2. The van der Waals surface area contributed by atoms with E-state index in [1.807, 2.05) is 0 Å². The van der Waals surface area contributed by atoms with Crippen LogP contribution in [0.1, 0.15) is 5.56 Å². The number of aliphatic hydroxyl groups is 1. The number of rotatable bonds is 6. The van der Waals surface area contributed by atoms with Crippen LogP contribution in [0.3, 0.4) is 0 Å². The molecule has 0 fully saturated rings. The average molecular weight is 308 g/mol. The van der Waals surface area contributed by atoms with Crippen LogP contribution in [-0.4, -0.2) is 39.7 Å². The number of carboxylic acids is 2. The van der Waals surface area contributed by atoms with Crippen LogP contribution >= 0.6 is 0 Å². The molecule has 0 heterocycles. The third-order valence-electron chi connectivity index (χ3n) is 2.56. The Kier molecular flexibility index (Phi) is 5.14. The van der Waals surface area contributed by atoms with E-state index in [-0.39, 0.29) is 12.0 Å². The van der Waals surface area contributed by atoms with Gasteiger partial charge >= 0.3 is 18.3 Å². The highest BCUT2D eigenvalue weighted by atomic mass is 19.4. The fourth-order valence-electron chi connectivity index (χ4n) is 1.59. The minimum atomic E-state index is -4.84. The Morgan fingerprint density at radius 2 is 1.62 bits per heavy atom. The Morgan fingerprint density at radius 1 is 1.10 bits per heavy atom. The van der Waals surface area contributed by atoms with Crippen molar-refractivity contribution in [3.63, 3.8) is 0 Å². The third-order valence-corrected chi connectivity index (χ3v) is 2.56. The smallest absolute Gasteiger partial charge is 0.481 e. The topological polar surface area (TPSA) is 104 Å². The van der Waals surface area contributed by atoms with E-state index in [4.69, 9.17) is 10.2 Å². The molecule has 3 N–H and O–H groups in total. The Balaban J connectivity index is 2.82. The molecule has 9 heteroatoms. The van der Waals surface area contributed by atoms with Gasteiger partial charge in [-0.1, -0.05) is 12.1 Å². The van der Waals surface area contributed by atoms with E-state index in [1.165, 1.54) is 0 Å². The molecule has 0 aliphatic rings. The first-order chi connectivity index (χ1) is 9.60. The Labute approximate surface area is 116 Å². The fraction of sp³-hybridized carbons (Fsp3) is 0.333. The molecule has 0 radical (unpaired) electrons. The number of ether oxygens (including phenoxy) is 1. The number of alkyl halides is 3. The lowest BCUT2D eigenvalue weighted by atomic mass is 9.94. The molecule has 0 saturated heterocycles. The minimum Gasteiger partial charge on any atom is -0.481 e. The fourth-order valence-corrected chi connectivity index (χ4v) is 1.59. The van der Waals surface area contributed by atoms with E-state index in [2.05, 4.69) is 4.74 Å². The molecule has 0 saturated carbocycles. The summed E-state index contributed by atoms with van der Waals surface area (Å²) in [5.41, 5.74) is 0.247. The van der Waals surface area contributed by atoms with Crippen molar-refractivity contribution in [2.45, 2.75) is 18.9 Å². The molecular weight excluding hydrogens is 297 g/mol. The van der Waals surface area contributed by atoms with Crippen LogP contribution in [0.5, 0.6) is 5.75 Å².